The van der Waals surface area contributed by atoms with Crippen LogP contribution in [0.25, 0.3) is 0 Å². The summed E-state index contributed by atoms with van der Waals surface area (Å²) in [6.45, 7) is 3.75. The van der Waals surface area contributed by atoms with Crippen molar-refractivity contribution in [2.24, 2.45) is 5.92 Å². The molecule has 1 aliphatic rings. The predicted octanol–water partition coefficient (Wildman–Crippen LogP) is 2.92. The van der Waals surface area contributed by atoms with Crippen molar-refractivity contribution in [3.8, 4) is 0 Å². The highest BCUT2D eigenvalue weighted by atomic mass is 79.9. The van der Waals surface area contributed by atoms with Gasteiger partial charge in [-0.25, -0.2) is 17.9 Å². The van der Waals surface area contributed by atoms with E-state index in [2.05, 4.69) is 27.6 Å². The monoisotopic (exact) mass is 375 g/mol. The van der Waals surface area contributed by atoms with E-state index < -0.39 is 16.0 Å². The normalized spacial score (nSPS) is 22.4. The molecule has 2 unspecified atom stereocenters. The molecule has 0 aromatic heterocycles. The van der Waals surface area contributed by atoms with Crippen LogP contribution in [0.5, 0.6) is 0 Å². The minimum Gasteiger partial charge on any atom is -0.478 e. The Labute approximate surface area is 132 Å². The summed E-state index contributed by atoms with van der Waals surface area (Å²) in [6.07, 6.45) is 2.64. The van der Waals surface area contributed by atoms with Crippen LogP contribution in [0.15, 0.2) is 21.5 Å². The van der Waals surface area contributed by atoms with Crippen LogP contribution >= 0.6 is 15.9 Å². The van der Waals surface area contributed by atoms with Crippen molar-refractivity contribution in [3.63, 3.8) is 0 Å². The zero-order valence-electron chi connectivity index (χ0n) is 11.9. The maximum absolute atomic E-state index is 12.5. The number of aromatic carboxylic acids is 1. The van der Waals surface area contributed by atoms with E-state index in [1.54, 1.807) is 6.92 Å². The van der Waals surface area contributed by atoms with Gasteiger partial charge in [-0.1, -0.05) is 22.9 Å². The van der Waals surface area contributed by atoms with Crippen LogP contribution in [0.2, 0.25) is 0 Å². The maximum Gasteiger partial charge on any atom is 0.335 e. The summed E-state index contributed by atoms with van der Waals surface area (Å²) < 4.78 is 28.2. The Morgan fingerprint density at radius 2 is 2.05 bits per heavy atom. The average Bonchev–Trinajstić information content (AvgIpc) is 2.76. The fourth-order valence-electron chi connectivity index (χ4n) is 2.65. The fraction of sp³-hybridized carbons (Fsp3) is 0.500. The first-order valence-corrected chi connectivity index (χ1v) is 9.04. The molecule has 0 bridgehead atoms. The van der Waals surface area contributed by atoms with Crippen molar-refractivity contribution in [1.82, 2.24) is 4.72 Å². The first-order chi connectivity index (χ1) is 9.70. The molecule has 21 heavy (non-hydrogen) atoms. The number of rotatable bonds is 4. The highest BCUT2D eigenvalue weighted by Gasteiger charge is 2.28. The van der Waals surface area contributed by atoms with Gasteiger partial charge in [-0.05, 0) is 49.8 Å². The summed E-state index contributed by atoms with van der Waals surface area (Å²) in [5, 5.41) is 9.07. The number of hydrogen-bond acceptors (Lipinski definition) is 3. The second-order valence-corrected chi connectivity index (χ2v) is 8.16. The average molecular weight is 376 g/mol. The molecule has 1 saturated carbocycles. The Morgan fingerprint density at radius 1 is 1.38 bits per heavy atom. The number of carbonyl (C=O) groups is 1. The Kier molecular flexibility index (Phi) is 4.75. The number of nitrogens with one attached hydrogen (secondary N) is 1. The number of carboxylic acid groups (broad SMARTS) is 1. The zero-order valence-corrected chi connectivity index (χ0v) is 14.3. The summed E-state index contributed by atoms with van der Waals surface area (Å²) in [4.78, 5) is 11.1. The number of hydrogen-bond donors (Lipinski definition) is 2. The van der Waals surface area contributed by atoms with Gasteiger partial charge in [0.05, 0.1) is 10.5 Å². The van der Waals surface area contributed by atoms with Gasteiger partial charge in [0.1, 0.15) is 0 Å². The molecule has 0 radical (unpaired) electrons. The summed E-state index contributed by atoms with van der Waals surface area (Å²) in [6, 6.07) is 2.55. The fourth-order valence-corrected chi connectivity index (χ4v) is 4.82. The molecular formula is C14H18BrNO4S. The van der Waals surface area contributed by atoms with Gasteiger partial charge in [-0.2, -0.15) is 0 Å². The molecule has 5 nitrogen and oxygen atoms in total. The summed E-state index contributed by atoms with van der Waals surface area (Å²) in [5.41, 5.74) is 0.464. The first kappa shape index (κ1) is 16.5. The number of carboxylic acids is 1. The van der Waals surface area contributed by atoms with Gasteiger partial charge in [0.25, 0.3) is 0 Å². The Morgan fingerprint density at radius 3 is 2.57 bits per heavy atom. The minimum absolute atomic E-state index is 0.0221. The van der Waals surface area contributed by atoms with Crippen molar-refractivity contribution < 1.29 is 18.3 Å². The Bertz CT molecular complexity index is 672. The molecule has 0 amide bonds. The SMILES string of the molecule is Cc1c(Br)cc(C(=O)O)cc1S(=O)(=O)NC1CCC(C)C1. The van der Waals surface area contributed by atoms with E-state index in [-0.39, 0.29) is 16.5 Å². The second-order valence-electron chi connectivity index (χ2n) is 5.62. The third-order valence-corrected chi connectivity index (χ3v) is 6.32. The standard InChI is InChI=1S/C14H18BrNO4S/c1-8-3-4-11(5-8)16-21(19,20)13-7-10(14(17)18)6-12(15)9(13)2/h6-8,11,16H,3-5H2,1-2H3,(H,17,18). The summed E-state index contributed by atoms with van der Waals surface area (Å²) in [5.74, 6) is -0.641. The minimum atomic E-state index is -3.72. The molecule has 1 aromatic carbocycles. The van der Waals surface area contributed by atoms with Gasteiger partial charge in [0.15, 0.2) is 0 Å². The van der Waals surface area contributed by atoms with Crippen LogP contribution in [-0.2, 0) is 10.0 Å². The van der Waals surface area contributed by atoms with Crippen LogP contribution in [0, 0.1) is 12.8 Å². The predicted molar refractivity (Wildman–Crippen MR) is 83.0 cm³/mol. The van der Waals surface area contributed by atoms with Crippen LogP contribution in [0.1, 0.15) is 42.1 Å². The number of benzene rings is 1. The first-order valence-electron chi connectivity index (χ1n) is 6.76. The molecule has 116 valence electrons. The lowest BCUT2D eigenvalue weighted by Gasteiger charge is -2.15. The van der Waals surface area contributed by atoms with Gasteiger partial charge < -0.3 is 5.11 Å². The molecule has 0 saturated heterocycles. The second kappa shape index (κ2) is 6.06. The lowest BCUT2D eigenvalue weighted by atomic mass is 10.1. The van der Waals surface area contributed by atoms with Gasteiger partial charge in [-0.15, -0.1) is 0 Å². The topological polar surface area (TPSA) is 83.5 Å². The quantitative estimate of drug-likeness (QED) is 0.847. The highest BCUT2D eigenvalue weighted by Crippen LogP contribution is 2.29. The maximum atomic E-state index is 12.5. The molecule has 1 fully saturated rings. The molecule has 0 spiro atoms. The van der Waals surface area contributed by atoms with Crippen molar-refractivity contribution >= 4 is 31.9 Å². The Hall–Kier alpha value is -0.920. The molecule has 1 aromatic rings. The molecule has 0 aliphatic heterocycles. The van der Waals surface area contributed by atoms with E-state index >= 15 is 0 Å². The molecular weight excluding hydrogens is 358 g/mol. The van der Waals surface area contributed by atoms with Crippen molar-refractivity contribution in [2.45, 2.75) is 44.0 Å². The lowest BCUT2D eigenvalue weighted by molar-refractivity contribution is 0.0696. The van der Waals surface area contributed by atoms with Crippen LogP contribution < -0.4 is 4.72 Å². The van der Waals surface area contributed by atoms with Crippen LogP contribution in [0.4, 0.5) is 0 Å². The van der Waals surface area contributed by atoms with Crippen molar-refractivity contribution in [2.75, 3.05) is 0 Å². The lowest BCUT2D eigenvalue weighted by Crippen LogP contribution is -2.33. The smallest absolute Gasteiger partial charge is 0.335 e. The van der Waals surface area contributed by atoms with Gasteiger partial charge in [0.2, 0.25) is 10.0 Å². The van der Waals surface area contributed by atoms with E-state index in [0.29, 0.717) is 16.0 Å². The molecule has 0 heterocycles. The van der Waals surface area contributed by atoms with Crippen LogP contribution in [0.3, 0.4) is 0 Å². The van der Waals surface area contributed by atoms with E-state index in [1.807, 2.05) is 0 Å². The van der Waals surface area contributed by atoms with Crippen molar-refractivity contribution in [1.29, 1.82) is 0 Å². The van der Waals surface area contributed by atoms with Gasteiger partial charge >= 0.3 is 5.97 Å². The third-order valence-electron chi connectivity index (χ3n) is 3.85. The van der Waals surface area contributed by atoms with Crippen molar-refractivity contribution in [3.05, 3.63) is 27.7 Å². The molecule has 1 aliphatic carbocycles. The van der Waals surface area contributed by atoms with Gasteiger partial charge in [0, 0.05) is 10.5 Å². The highest BCUT2D eigenvalue weighted by molar-refractivity contribution is 9.10. The van der Waals surface area contributed by atoms with Gasteiger partial charge in [-0.3, -0.25) is 0 Å². The molecule has 2 atom stereocenters. The summed E-state index contributed by atoms with van der Waals surface area (Å²) >= 11 is 3.22. The summed E-state index contributed by atoms with van der Waals surface area (Å²) in [7, 11) is -3.72. The molecule has 2 N–H and O–H groups in total. The van der Waals surface area contributed by atoms with E-state index in [9.17, 15) is 13.2 Å². The Balaban J connectivity index is 2.37. The van der Waals surface area contributed by atoms with Crippen LogP contribution in [-0.4, -0.2) is 25.5 Å². The third kappa shape index (κ3) is 3.64. The molecule has 2 rings (SSSR count). The number of sulfonamides is 1. The molecule has 7 heteroatoms. The van der Waals surface area contributed by atoms with E-state index in [4.69, 9.17) is 5.11 Å². The van der Waals surface area contributed by atoms with E-state index in [1.165, 1.54) is 12.1 Å². The van der Waals surface area contributed by atoms with E-state index in [0.717, 1.165) is 19.3 Å². The zero-order chi connectivity index (χ0) is 15.8. The largest absolute Gasteiger partial charge is 0.478 e. The number of halogens is 1.